The quantitative estimate of drug-likeness (QED) is 0.705. The zero-order chi connectivity index (χ0) is 14.1. The van der Waals surface area contributed by atoms with E-state index in [1.807, 2.05) is 38.8 Å². The van der Waals surface area contributed by atoms with Crippen molar-refractivity contribution in [1.82, 2.24) is 0 Å². The predicted octanol–water partition coefficient (Wildman–Crippen LogP) is 4.19. The van der Waals surface area contributed by atoms with Crippen molar-refractivity contribution in [2.24, 2.45) is 0 Å². The van der Waals surface area contributed by atoms with Crippen molar-refractivity contribution < 1.29 is 9.59 Å². The van der Waals surface area contributed by atoms with Gasteiger partial charge in [-0.1, -0.05) is 49.7 Å². The number of carbonyl (C=O) groups is 2. The molecule has 0 amide bonds. The van der Waals surface area contributed by atoms with Gasteiger partial charge in [-0.25, -0.2) is 0 Å². The second-order valence-corrected chi connectivity index (χ2v) is 3.62. The van der Waals surface area contributed by atoms with Gasteiger partial charge < -0.3 is 4.79 Å². The van der Waals surface area contributed by atoms with E-state index in [1.54, 1.807) is 6.92 Å². The van der Waals surface area contributed by atoms with Gasteiger partial charge in [0.25, 0.3) is 0 Å². The molecule has 2 nitrogen and oxygen atoms in total. The van der Waals surface area contributed by atoms with Gasteiger partial charge in [0.15, 0.2) is 5.78 Å². The summed E-state index contributed by atoms with van der Waals surface area (Å²) in [6.45, 7) is 9.66. The maximum absolute atomic E-state index is 11.2. The molecule has 0 saturated carbocycles. The largest absolute Gasteiger partial charge is 0.307 e. The molecule has 0 radical (unpaired) electrons. The molecule has 0 unspecified atom stereocenters. The number of ketones is 1. The van der Waals surface area contributed by atoms with Crippen LogP contribution in [0.5, 0.6) is 0 Å². The lowest BCUT2D eigenvalue weighted by atomic mass is 10.0. The average Bonchev–Trinajstić information content (AvgIpc) is 2.42. The summed E-state index contributed by atoms with van der Waals surface area (Å²) in [5.74, 6) is 0.118. The highest BCUT2D eigenvalue weighted by Crippen LogP contribution is 2.17. The van der Waals surface area contributed by atoms with Crippen LogP contribution in [0.4, 0.5) is 0 Å². The Morgan fingerprint density at radius 1 is 0.944 bits per heavy atom. The molecule has 2 aromatic carbocycles. The Morgan fingerprint density at radius 2 is 1.44 bits per heavy atom. The van der Waals surface area contributed by atoms with Crippen LogP contribution in [0.2, 0.25) is 0 Å². The molecule has 0 saturated heterocycles. The van der Waals surface area contributed by atoms with Gasteiger partial charge in [-0.15, -0.1) is 0 Å². The summed E-state index contributed by atoms with van der Waals surface area (Å²) in [6.07, 6.45) is 0. The average molecular weight is 244 g/mol. The van der Waals surface area contributed by atoms with Crippen LogP contribution in [0.3, 0.4) is 0 Å². The molecule has 0 aliphatic heterocycles. The standard InChI is InChI=1S/C13H12O.C2H6.CH2O/c1-9-3-4-13-8-11(10(2)14)5-6-12(13)7-9;2*1-2/h3-8H,1-2H3;1-2H3;1H2. The lowest BCUT2D eigenvalue weighted by Gasteiger charge is -2.01. The van der Waals surface area contributed by atoms with E-state index in [1.165, 1.54) is 10.9 Å². The maximum atomic E-state index is 11.2. The second kappa shape index (κ2) is 8.18. The minimum absolute atomic E-state index is 0.118. The number of fused-ring (bicyclic) bond motifs is 1. The highest BCUT2D eigenvalue weighted by Gasteiger charge is 2.00. The third-order valence-electron chi connectivity index (χ3n) is 2.40. The number of benzene rings is 2. The minimum Gasteiger partial charge on any atom is -0.307 e. The van der Waals surface area contributed by atoms with E-state index in [0.29, 0.717) is 0 Å². The summed E-state index contributed by atoms with van der Waals surface area (Å²) in [6, 6.07) is 12.1. The SMILES string of the molecule is C=O.CC.CC(=O)c1ccc2cc(C)ccc2c1. The van der Waals surface area contributed by atoms with Crippen LogP contribution in [0.15, 0.2) is 36.4 Å². The summed E-state index contributed by atoms with van der Waals surface area (Å²) < 4.78 is 0. The number of hydrogen-bond donors (Lipinski definition) is 0. The van der Waals surface area contributed by atoms with Crippen molar-refractivity contribution in [1.29, 1.82) is 0 Å². The first-order valence-corrected chi connectivity index (χ1v) is 5.97. The van der Waals surface area contributed by atoms with Crippen LogP contribution in [-0.4, -0.2) is 12.6 Å². The first kappa shape index (κ1) is 16.0. The van der Waals surface area contributed by atoms with E-state index >= 15 is 0 Å². The van der Waals surface area contributed by atoms with Gasteiger partial charge in [-0.3, -0.25) is 4.79 Å². The number of aryl methyl sites for hydroxylation is 1. The van der Waals surface area contributed by atoms with Crippen molar-refractivity contribution in [2.75, 3.05) is 0 Å². The number of Topliss-reactive ketones (excluding diaryl/α,β-unsaturated/α-hetero) is 1. The molecule has 0 aliphatic rings. The summed E-state index contributed by atoms with van der Waals surface area (Å²) in [7, 11) is 0. The third kappa shape index (κ3) is 4.13. The van der Waals surface area contributed by atoms with Gasteiger partial charge in [-0.05, 0) is 30.7 Å². The fourth-order valence-electron chi connectivity index (χ4n) is 1.58. The number of carbonyl (C=O) groups excluding carboxylic acids is 2. The van der Waals surface area contributed by atoms with E-state index in [4.69, 9.17) is 4.79 Å². The van der Waals surface area contributed by atoms with Crippen molar-refractivity contribution in [3.63, 3.8) is 0 Å². The van der Waals surface area contributed by atoms with Gasteiger partial charge >= 0.3 is 0 Å². The first-order chi connectivity index (χ1) is 8.66. The molecule has 2 heteroatoms. The molecule has 0 bridgehead atoms. The normalized spacial score (nSPS) is 8.67. The number of hydrogen-bond acceptors (Lipinski definition) is 2. The van der Waals surface area contributed by atoms with Gasteiger partial charge in [-0.2, -0.15) is 0 Å². The molecule has 2 aromatic rings. The highest BCUT2D eigenvalue weighted by atomic mass is 16.1. The van der Waals surface area contributed by atoms with E-state index in [0.717, 1.165) is 10.9 Å². The zero-order valence-corrected chi connectivity index (χ0v) is 11.5. The van der Waals surface area contributed by atoms with Crippen molar-refractivity contribution >= 4 is 23.3 Å². The summed E-state index contributed by atoms with van der Waals surface area (Å²) in [5, 5.41) is 2.32. The minimum atomic E-state index is 0.118. The Labute approximate surface area is 109 Å². The van der Waals surface area contributed by atoms with Crippen molar-refractivity contribution in [2.45, 2.75) is 27.7 Å². The van der Waals surface area contributed by atoms with Gasteiger partial charge in [0.2, 0.25) is 0 Å². The molecule has 2 rings (SSSR count). The third-order valence-corrected chi connectivity index (χ3v) is 2.40. The van der Waals surface area contributed by atoms with E-state index in [9.17, 15) is 4.79 Å². The van der Waals surface area contributed by atoms with E-state index in [-0.39, 0.29) is 5.78 Å². The first-order valence-electron chi connectivity index (χ1n) is 5.97. The van der Waals surface area contributed by atoms with Crippen LogP contribution in [0, 0.1) is 6.92 Å². The molecule has 0 heterocycles. The fourth-order valence-corrected chi connectivity index (χ4v) is 1.58. The lowest BCUT2D eigenvalue weighted by Crippen LogP contribution is -1.90. The molecule has 0 aromatic heterocycles. The molecule has 18 heavy (non-hydrogen) atoms. The summed E-state index contributed by atoms with van der Waals surface area (Å²) in [5.41, 5.74) is 2.02. The summed E-state index contributed by atoms with van der Waals surface area (Å²) >= 11 is 0. The van der Waals surface area contributed by atoms with Crippen LogP contribution in [0.1, 0.15) is 36.7 Å². The van der Waals surface area contributed by atoms with Crippen molar-refractivity contribution in [3.05, 3.63) is 47.5 Å². The van der Waals surface area contributed by atoms with Gasteiger partial charge in [0.1, 0.15) is 6.79 Å². The molecule has 0 N–H and O–H groups in total. The molecule has 96 valence electrons. The maximum Gasteiger partial charge on any atom is 0.159 e. The molecular weight excluding hydrogens is 224 g/mol. The van der Waals surface area contributed by atoms with Crippen LogP contribution < -0.4 is 0 Å². The summed E-state index contributed by atoms with van der Waals surface area (Å²) in [4.78, 5) is 19.2. The fraction of sp³-hybridized carbons (Fsp3) is 0.250. The molecular formula is C16H20O2. The smallest absolute Gasteiger partial charge is 0.159 e. The second-order valence-electron chi connectivity index (χ2n) is 3.62. The molecule has 0 spiro atoms. The topological polar surface area (TPSA) is 34.1 Å². The predicted molar refractivity (Wildman–Crippen MR) is 77.2 cm³/mol. The molecule has 0 fully saturated rings. The lowest BCUT2D eigenvalue weighted by molar-refractivity contribution is -0.0979. The highest BCUT2D eigenvalue weighted by molar-refractivity contribution is 5.98. The Morgan fingerprint density at radius 3 is 2.00 bits per heavy atom. The Hall–Kier alpha value is -1.96. The van der Waals surface area contributed by atoms with Crippen LogP contribution in [0.25, 0.3) is 10.8 Å². The van der Waals surface area contributed by atoms with Crippen molar-refractivity contribution in [3.8, 4) is 0 Å². The Kier molecular flexibility index (Phi) is 7.29. The van der Waals surface area contributed by atoms with Crippen LogP contribution >= 0.6 is 0 Å². The number of rotatable bonds is 1. The molecule has 0 atom stereocenters. The van der Waals surface area contributed by atoms with E-state index in [2.05, 4.69) is 25.1 Å². The Balaban J connectivity index is 0.000000659. The van der Waals surface area contributed by atoms with Crippen LogP contribution in [-0.2, 0) is 4.79 Å². The Bertz CT molecular complexity index is 515. The van der Waals surface area contributed by atoms with E-state index < -0.39 is 0 Å². The molecule has 0 aliphatic carbocycles. The monoisotopic (exact) mass is 244 g/mol. The van der Waals surface area contributed by atoms with Gasteiger partial charge in [0.05, 0.1) is 0 Å². The zero-order valence-electron chi connectivity index (χ0n) is 11.5. The van der Waals surface area contributed by atoms with Gasteiger partial charge in [0, 0.05) is 5.56 Å².